The Kier molecular flexibility index (Phi) is 3.33. The van der Waals surface area contributed by atoms with Crippen LogP contribution in [0.25, 0.3) is 0 Å². The van der Waals surface area contributed by atoms with Crippen LogP contribution in [0.2, 0.25) is 0 Å². The van der Waals surface area contributed by atoms with Crippen molar-refractivity contribution in [2.75, 3.05) is 27.3 Å². The van der Waals surface area contributed by atoms with Gasteiger partial charge in [0, 0.05) is 33.4 Å². The molecule has 2 atom stereocenters. The Bertz CT molecular complexity index is 172. The van der Waals surface area contributed by atoms with Gasteiger partial charge >= 0.3 is 0 Å². The zero-order valence-corrected chi connectivity index (χ0v) is 9.33. The summed E-state index contributed by atoms with van der Waals surface area (Å²) in [6, 6.07) is 0.564. The largest absolute Gasteiger partial charge is 0.377 e. The van der Waals surface area contributed by atoms with Crippen molar-refractivity contribution in [3.8, 4) is 0 Å². The monoisotopic (exact) mass is 187 g/mol. The Morgan fingerprint density at radius 3 is 2.31 bits per heavy atom. The van der Waals surface area contributed by atoms with Crippen LogP contribution in [0.5, 0.6) is 0 Å². The van der Waals surface area contributed by atoms with Gasteiger partial charge in [0.15, 0.2) is 0 Å². The zero-order valence-electron chi connectivity index (χ0n) is 9.33. The Labute approximate surface area is 81.0 Å². The van der Waals surface area contributed by atoms with Crippen LogP contribution in [0.4, 0.5) is 0 Å². The van der Waals surface area contributed by atoms with Crippen molar-refractivity contribution in [2.24, 2.45) is 0 Å². The van der Waals surface area contributed by atoms with E-state index in [1.807, 2.05) is 0 Å². The summed E-state index contributed by atoms with van der Waals surface area (Å²) >= 11 is 0. The summed E-state index contributed by atoms with van der Waals surface area (Å²) in [6.07, 6.45) is 0.194. The summed E-state index contributed by atoms with van der Waals surface area (Å²) in [5.41, 5.74) is -0.140. The SMILES string of the molecule is CO[C@H]1CN(C(C)C)C[C@@]1(C)OC. The predicted octanol–water partition coefficient (Wildman–Crippen LogP) is 1.13. The van der Waals surface area contributed by atoms with Crippen molar-refractivity contribution >= 4 is 0 Å². The van der Waals surface area contributed by atoms with Gasteiger partial charge in [-0.25, -0.2) is 0 Å². The van der Waals surface area contributed by atoms with E-state index >= 15 is 0 Å². The highest BCUT2D eigenvalue weighted by Gasteiger charge is 2.44. The lowest BCUT2D eigenvalue weighted by atomic mass is 10.0. The first-order valence-electron chi connectivity index (χ1n) is 4.85. The van der Waals surface area contributed by atoms with Crippen LogP contribution in [0, 0.1) is 0 Å². The first kappa shape index (κ1) is 11.0. The molecule has 0 bridgehead atoms. The van der Waals surface area contributed by atoms with Gasteiger partial charge in [0.1, 0.15) is 5.60 Å². The summed E-state index contributed by atoms with van der Waals surface area (Å²) in [7, 11) is 3.52. The maximum Gasteiger partial charge on any atom is 0.105 e. The van der Waals surface area contributed by atoms with E-state index < -0.39 is 0 Å². The third-order valence-electron chi connectivity index (χ3n) is 3.08. The van der Waals surface area contributed by atoms with Crippen LogP contribution in [-0.4, -0.2) is 50.0 Å². The van der Waals surface area contributed by atoms with Gasteiger partial charge in [0.25, 0.3) is 0 Å². The van der Waals surface area contributed by atoms with Crippen LogP contribution >= 0.6 is 0 Å². The molecule has 0 spiro atoms. The number of rotatable bonds is 3. The number of hydrogen-bond donors (Lipinski definition) is 0. The lowest BCUT2D eigenvalue weighted by Gasteiger charge is -2.28. The molecule has 0 saturated carbocycles. The normalized spacial score (nSPS) is 36.0. The predicted molar refractivity (Wildman–Crippen MR) is 52.9 cm³/mol. The summed E-state index contributed by atoms with van der Waals surface area (Å²) in [6.45, 7) is 8.45. The summed E-state index contributed by atoms with van der Waals surface area (Å²) in [5.74, 6) is 0. The van der Waals surface area contributed by atoms with Gasteiger partial charge in [0.2, 0.25) is 0 Å². The minimum Gasteiger partial charge on any atom is -0.377 e. The number of likely N-dealkylation sites (tertiary alicyclic amines) is 1. The standard InChI is InChI=1S/C10H21NO2/c1-8(2)11-6-9(12-4)10(3,7-11)13-5/h8-9H,6-7H2,1-5H3/t9-,10+/m0/s1. The fraction of sp³-hybridized carbons (Fsp3) is 1.00. The molecule has 1 saturated heterocycles. The van der Waals surface area contributed by atoms with Gasteiger partial charge in [0.05, 0.1) is 6.10 Å². The first-order valence-corrected chi connectivity index (χ1v) is 4.85. The molecule has 3 nitrogen and oxygen atoms in total. The molecule has 13 heavy (non-hydrogen) atoms. The molecule has 1 aliphatic rings. The molecular formula is C10H21NO2. The maximum absolute atomic E-state index is 5.52. The average Bonchev–Trinajstić information content (AvgIpc) is 2.44. The number of ether oxygens (including phenoxy) is 2. The van der Waals surface area contributed by atoms with Crippen molar-refractivity contribution in [3.05, 3.63) is 0 Å². The lowest BCUT2D eigenvalue weighted by Crippen LogP contribution is -2.41. The van der Waals surface area contributed by atoms with Gasteiger partial charge in [-0.1, -0.05) is 0 Å². The smallest absolute Gasteiger partial charge is 0.105 e. The highest BCUT2D eigenvalue weighted by molar-refractivity contribution is 4.97. The van der Waals surface area contributed by atoms with Crippen LogP contribution in [0.15, 0.2) is 0 Å². The molecule has 1 aliphatic heterocycles. The highest BCUT2D eigenvalue weighted by atomic mass is 16.5. The van der Waals surface area contributed by atoms with Gasteiger partial charge in [-0.15, -0.1) is 0 Å². The molecule has 0 aromatic heterocycles. The Balaban J connectivity index is 2.66. The summed E-state index contributed by atoms with van der Waals surface area (Å²) in [5, 5.41) is 0. The Morgan fingerprint density at radius 2 is 2.00 bits per heavy atom. The van der Waals surface area contributed by atoms with Gasteiger partial charge in [-0.3, -0.25) is 4.90 Å². The fourth-order valence-corrected chi connectivity index (χ4v) is 1.89. The first-order chi connectivity index (χ1) is 6.03. The van der Waals surface area contributed by atoms with E-state index in [0.29, 0.717) is 6.04 Å². The number of methoxy groups -OCH3 is 2. The molecule has 0 aromatic rings. The molecule has 0 unspecified atom stereocenters. The summed E-state index contributed by atoms with van der Waals surface area (Å²) in [4.78, 5) is 2.39. The van der Waals surface area contributed by atoms with Gasteiger partial charge in [-0.2, -0.15) is 0 Å². The van der Waals surface area contributed by atoms with Crippen molar-refractivity contribution in [2.45, 2.75) is 38.5 Å². The van der Waals surface area contributed by atoms with Crippen LogP contribution in [0.1, 0.15) is 20.8 Å². The van der Waals surface area contributed by atoms with E-state index in [9.17, 15) is 0 Å². The molecule has 78 valence electrons. The second kappa shape index (κ2) is 3.95. The minimum atomic E-state index is -0.140. The van der Waals surface area contributed by atoms with Crippen molar-refractivity contribution in [3.63, 3.8) is 0 Å². The topological polar surface area (TPSA) is 21.7 Å². The van der Waals surface area contributed by atoms with E-state index in [1.165, 1.54) is 0 Å². The van der Waals surface area contributed by atoms with E-state index in [0.717, 1.165) is 13.1 Å². The second-order valence-corrected chi connectivity index (χ2v) is 4.26. The van der Waals surface area contributed by atoms with Crippen LogP contribution in [-0.2, 0) is 9.47 Å². The number of nitrogens with zero attached hydrogens (tertiary/aromatic N) is 1. The van der Waals surface area contributed by atoms with E-state index in [4.69, 9.17) is 9.47 Å². The quantitative estimate of drug-likeness (QED) is 0.661. The molecule has 0 N–H and O–H groups in total. The van der Waals surface area contributed by atoms with Crippen LogP contribution in [0.3, 0.4) is 0 Å². The van der Waals surface area contributed by atoms with Crippen molar-refractivity contribution < 1.29 is 9.47 Å². The molecule has 0 aliphatic carbocycles. The zero-order chi connectivity index (χ0) is 10.1. The molecular weight excluding hydrogens is 166 g/mol. The minimum absolute atomic E-state index is 0.140. The molecule has 0 aromatic carbocycles. The molecule has 3 heteroatoms. The number of hydrogen-bond acceptors (Lipinski definition) is 3. The second-order valence-electron chi connectivity index (χ2n) is 4.26. The highest BCUT2D eigenvalue weighted by Crippen LogP contribution is 2.27. The Morgan fingerprint density at radius 1 is 1.38 bits per heavy atom. The molecule has 0 amide bonds. The van der Waals surface area contributed by atoms with Gasteiger partial charge < -0.3 is 9.47 Å². The maximum atomic E-state index is 5.52. The third-order valence-corrected chi connectivity index (χ3v) is 3.08. The van der Waals surface area contributed by atoms with E-state index in [2.05, 4.69) is 25.7 Å². The molecule has 1 rings (SSSR count). The Hall–Kier alpha value is -0.120. The molecule has 1 fully saturated rings. The van der Waals surface area contributed by atoms with Crippen LogP contribution < -0.4 is 0 Å². The van der Waals surface area contributed by atoms with E-state index in [1.54, 1.807) is 14.2 Å². The van der Waals surface area contributed by atoms with Gasteiger partial charge in [-0.05, 0) is 20.8 Å². The summed E-state index contributed by atoms with van der Waals surface area (Å²) < 4.78 is 10.9. The van der Waals surface area contributed by atoms with Crippen molar-refractivity contribution in [1.29, 1.82) is 0 Å². The lowest BCUT2D eigenvalue weighted by molar-refractivity contribution is -0.0754. The fourth-order valence-electron chi connectivity index (χ4n) is 1.89. The average molecular weight is 187 g/mol. The molecule has 0 radical (unpaired) electrons. The third kappa shape index (κ3) is 2.03. The van der Waals surface area contributed by atoms with Crippen molar-refractivity contribution in [1.82, 2.24) is 4.90 Å². The molecule has 1 heterocycles. The van der Waals surface area contributed by atoms with E-state index in [-0.39, 0.29) is 11.7 Å².